The fourth-order valence-corrected chi connectivity index (χ4v) is 2.45. The quantitative estimate of drug-likeness (QED) is 0.735. The molecule has 0 radical (unpaired) electrons. The molecular weight excluding hydrogens is 318 g/mol. The Morgan fingerprint density at radius 3 is 2.48 bits per heavy atom. The molecule has 1 atom stereocenters. The minimum absolute atomic E-state index is 0.113. The Morgan fingerprint density at radius 1 is 1.08 bits per heavy atom. The number of carboxylic acid groups (broad SMARTS) is 1. The Hall–Kier alpha value is -2.82. The first-order chi connectivity index (χ1) is 12.1. The lowest BCUT2D eigenvalue weighted by Crippen LogP contribution is -2.43. The summed E-state index contributed by atoms with van der Waals surface area (Å²) in [6.45, 7) is 2.64. The van der Waals surface area contributed by atoms with Crippen molar-refractivity contribution in [2.45, 2.75) is 32.2 Å². The molecule has 2 rings (SSSR count). The Kier molecular flexibility index (Phi) is 7.01. The lowest BCUT2D eigenvalue weighted by molar-refractivity contribution is -0.141. The molecule has 5 heteroatoms. The smallest absolute Gasteiger partial charge is 0.326 e. The predicted octanol–water partition coefficient (Wildman–Crippen LogP) is 2.83. The van der Waals surface area contributed by atoms with Gasteiger partial charge in [0.05, 0.1) is 13.0 Å². The van der Waals surface area contributed by atoms with Crippen molar-refractivity contribution in [2.75, 3.05) is 6.61 Å². The fourth-order valence-electron chi connectivity index (χ4n) is 2.45. The minimum Gasteiger partial charge on any atom is -0.494 e. The number of hydrogen-bond acceptors (Lipinski definition) is 3. The first-order valence-electron chi connectivity index (χ1n) is 8.36. The van der Waals surface area contributed by atoms with Crippen molar-refractivity contribution in [2.24, 2.45) is 0 Å². The summed E-state index contributed by atoms with van der Waals surface area (Å²) in [6, 6.07) is 15.6. The molecule has 25 heavy (non-hydrogen) atoms. The van der Waals surface area contributed by atoms with Crippen LogP contribution < -0.4 is 10.1 Å². The summed E-state index contributed by atoms with van der Waals surface area (Å²) < 4.78 is 5.55. The van der Waals surface area contributed by atoms with Crippen LogP contribution in [0.3, 0.4) is 0 Å². The highest BCUT2D eigenvalue weighted by Crippen LogP contribution is 2.14. The van der Waals surface area contributed by atoms with E-state index in [4.69, 9.17) is 4.74 Å². The van der Waals surface area contributed by atoms with E-state index in [0.717, 1.165) is 17.5 Å². The van der Waals surface area contributed by atoms with Gasteiger partial charge in [0, 0.05) is 6.42 Å². The van der Waals surface area contributed by atoms with Crippen LogP contribution >= 0.6 is 0 Å². The summed E-state index contributed by atoms with van der Waals surface area (Å²) in [5.41, 5.74) is 1.65. The molecule has 1 amide bonds. The highest BCUT2D eigenvalue weighted by molar-refractivity contribution is 5.85. The van der Waals surface area contributed by atoms with Gasteiger partial charge in [-0.3, -0.25) is 4.79 Å². The van der Waals surface area contributed by atoms with E-state index in [1.165, 1.54) is 0 Å². The summed E-state index contributed by atoms with van der Waals surface area (Å²) >= 11 is 0. The van der Waals surface area contributed by atoms with Gasteiger partial charge in [0.15, 0.2) is 0 Å². The molecule has 0 heterocycles. The number of amides is 1. The summed E-state index contributed by atoms with van der Waals surface area (Å²) in [5.74, 6) is -0.653. The molecule has 1 unspecified atom stereocenters. The molecule has 0 saturated carbocycles. The lowest BCUT2D eigenvalue weighted by atomic mass is 10.1. The van der Waals surface area contributed by atoms with Crippen LogP contribution in [0, 0.1) is 0 Å². The number of benzene rings is 2. The Labute approximate surface area is 147 Å². The molecule has 0 bridgehead atoms. The SMILES string of the molecule is CCCOc1cccc(CC(=O)NC(Cc2ccccc2)C(=O)O)c1. The zero-order chi connectivity index (χ0) is 18.1. The van der Waals surface area contributed by atoms with Crippen LogP contribution in [0.1, 0.15) is 24.5 Å². The second-order valence-electron chi connectivity index (χ2n) is 5.82. The van der Waals surface area contributed by atoms with Gasteiger partial charge in [-0.25, -0.2) is 4.79 Å². The third-order valence-corrected chi connectivity index (χ3v) is 3.65. The van der Waals surface area contributed by atoms with Gasteiger partial charge in [-0.2, -0.15) is 0 Å². The number of carboxylic acids is 1. The van der Waals surface area contributed by atoms with Crippen molar-refractivity contribution in [3.63, 3.8) is 0 Å². The molecule has 0 aliphatic heterocycles. The van der Waals surface area contributed by atoms with Gasteiger partial charge in [-0.05, 0) is 29.7 Å². The van der Waals surface area contributed by atoms with Gasteiger partial charge in [0.1, 0.15) is 11.8 Å². The molecule has 0 fully saturated rings. The number of carbonyl (C=O) groups excluding carboxylic acids is 1. The van der Waals surface area contributed by atoms with Crippen LogP contribution in [0.15, 0.2) is 54.6 Å². The number of rotatable bonds is 9. The van der Waals surface area contributed by atoms with Crippen molar-refractivity contribution >= 4 is 11.9 Å². The third kappa shape index (κ3) is 6.30. The molecule has 0 spiro atoms. The van der Waals surface area contributed by atoms with Crippen LogP contribution in [-0.4, -0.2) is 29.6 Å². The van der Waals surface area contributed by atoms with Crippen molar-refractivity contribution in [3.05, 3.63) is 65.7 Å². The number of hydrogen-bond donors (Lipinski definition) is 2. The Morgan fingerprint density at radius 2 is 1.80 bits per heavy atom. The van der Waals surface area contributed by atoms with Crippen molar-refractivity contribution in [1.29, 1.82) is 0 Å². The lowest BCUT2D eigenvalue weighted by Gasteiger charge is -2.15. The maximum absolute atomic E-state index is 12.2. The van der Waals surface area contributed by atoms with Gasteiger partial charge in [0.25, 0.3) is 0 Å². The zero-order valence-corrected chi connectivity index (χ0v) is 14.3. The molecule has 0 aliphatic carbocycles. The molecule has 0 saturated heterocycles. The monoisotopic (exact) mass is 341 g/mol. The van der Waals surface area contributed by atoms with Crippen LogP contribution in [0.25, 0.3) is 0 Å². The summed E-state index contributed by atoms with van der Waals surface area (Å²) in [4.78, 5) is 23.7. The summed E-state index contributed by atoms with van der Waals surface area (Å²) in [7, 11) is 0. The van der Waals surface area contributed by atoms with E-state index < -0.39 is 12.0 Å². The first-order valence-corrected chi connectivity index (χ1v) is 8.36. The summed E-state index contributed by atoms with van der Waals surface area (Å²) in [6.07, 6.45) is 1.27. The highest BCUT2D eigenvalue weighted by atomic mass is 16.5. The number of nitrogens with one attached hydrogen (secondary N) is 1. The largest absolute Gasteiger partial charge is 0.494 e. The number of ether oxygens (including phenoxy) is 1. The van der Waals surface area contributed by atoms with Crippen LogP contribution in [-0.2, 0) is 22.4 Å². The highest BCUT2D eigenvalue weighted by Gasteiger charge is 2.20. The summed E-state index contributed by atoms with van der Waals surface area (Å²) in [5, 5.41) is 12.0. The maximum atomic E-state index is 12.2. The van der Waals surface area contributed by atoms with E-state index in [1.807, 2.05) is 61.5 Å². The van der Waals surface area contributed by atoms with Crippen LogP contribution in [0.5, 0.6) is 5.75 Å². The van der Waals surface area contributed by atoms with Crippen molar-refractivity contribution < 1.29 is 19.4 Å². The average molecular weight is 341 g/mol. The molecule has 132 valence electrons. The van der Waals surface area contributed by atoms with Crippen molar-refractivity contribution in [1.82, 2.24) is 5.32 Å². The first kappa shape index (κ1) is 18.5. The van der Waals surface area contributed by atoms with E-state index in [-0.39, 0.29) is 18.7 Å². The van der Waals surface area contributed by atoms with E-state index in [1.54, 1.807) is 0 Å². The van der Waals surface area contributed by atoms with Gasteiger partial charge in [-0.15, -0.1) is 0 Å². The molecule has 2 N–H and O–H groups in total. The van der Waals surface area contributed by atoms with E-state index in [2.05, 4.69) is 5.32 Å². The molecule has 0 aliphatic rings. The Bertz CT molecular complexity index is 700. The van der Waals surface area contributed by atoms with Crippen LogP contribution in [0.2, 0.25) is 0 Å². The second kappa shape index (κ2) is 9.47. The van der Waals surface area contributed by atoms with Crippen LogP contribution in [0.4, 0.5) is 0 Å². The normalized spacial score (nSPS) is 11.6. The van der Waals surface area contributed by atoms with E-state index in [0.29, 0.717) is 12.4 Å². The average Bonchev–Trinajstić information content (AvgIpc) is 2.60. The van der Waals surface area contributed by atoms with Gasteiger partial charge < -0.3 is 15.2 Å². The minimum atomic E-state index is -1.04. The molecule has 5 nitrogen and oxygen atoms in total. The van der Waals surface area contributed by atoms with E-state index >= 15 is 0 Å². The molecule has 0 aromatic heterocycles. The fraction of sp³-hybridized carbons (Fsp3) is 0.300. The van der Waals surface area contributed by atoms with Gasteiger partial charge in [0.2, 0.25) is 5.91 Å². The predicted molar refractivity (Wildman–Crippen MR) is 95.6 cm³/mol. The third-order valence-electron chi connectivity index (χ3n) is 3.65. The van der Waals surface area contributed by atoms with Gasteiger partial charge >= 0.3 is 5.97 Å². The number of aliphatic carboxylic acids is 1. The topological polar surface area (TPSA) is 75.6 Å². The zero-order valence-electron chi connectivity index (χ0n) is 14.3. The second-order valence-corrected chi connectivity index (χ2v) is 5.82. The number of carbonyl (C=O) groups is 2. The molecule has 2 aromatic rings. The van der Waals surface area contributed by atoms with E-state index in [9.17, 15) is 14.7 Å². The Balaban J connectivity index is 1.96. The standard InChI is InChI=1S/C20H23NO4/c1-2-11-25-17-10-6-9-16(12-17)14-19(22)21-18(20(23)24)13-15-7-4-3-5-8-15/h3-10,12,18H,2,11,13-14H2,1H3,(H,21,22)(H,23,24). The molecular formula is C20H23NO4. The maximum Gasteiger partial charge on any atom is 0.326 e. The van der Waals surface area contributed by atoms with Crippen molar-refractivity contribution in [3.8, 4) is 5.75 Å². The molecule has 2 aromatic carbocycles. The van der Waals surface area contributed by atoms with Gasteiger partial charge in [-0.1, -0.05) is 49.4 Å².